The molecule has 0 aromatic heterocycles. The molecule has 0 bridgehead atoms. The highest BCUT2D eigenvalue weighted by molar-refractivity contribution is 5.71. The third-order valence-electron chi connectivity index (χ3n) is 1.56. The van der Waals surface area contributed by atoms with E-state index in [1.54, 1.807) is 7.11 Å². The first-order chi connectivity index (χ1) is 6.81. The van der Waals surface area contributed by atoms with Crippen LogP contribution in [-0.4, -0.2) is 53.1 Å². The quantitative estimate of drug-likeness (QED) is 0.417. The van der Waals surface area contributed by atoms with Crippen LogP contribution in [0.25, 0.3) is 0 Å². The summed E-state index contributed by atoms with van der Waals surface area (Å²) >= 11 is 0. The van der Waals surface area contributed by atoms with Crippen LogP contribution in [0.2, 0.25) is 0 Å². The maximum Gasteiger partial charge on any atom is 0.319 e. The van der Waals surface area contributed by atoms with Crippen LogP contribution < -0.4 is 5.32 Å². The van der Waals surface area contributed by atoms with Gasteiger partial charge in [0, 0.05) is 26.9 Å². The molecule has 0 fully saturated rings. The fourth-order valence-electron chi connectivity index (χ4n) is 0.814. The Labute approximate surface area is 84.7 Å². The van der Waals surface area contributed by atoms with Crippen molar-refractivity contribution in [3.05, 3.63) is 0 Å². The van der Waals surface area contributed by atoms with Crippen molar-refractivity contribution in [2.24, 2.45) is 0 Å². The normalized spacial score (nSPS) is 10.1. The molecule has 5 nitrogen and oxygen atoms in total. The lowest BCUT2D eigenvalue weighted by molar-refractivity contribution is -0.139. The summed E-state index contributed by atoms with van der Waals surface area (Å²) < 4.78 is 14.6. The first-order valence-electron chi connectivity index (χ1n) is 4.65. The molecular weight excluding hydrogens is 186 g/mol. The van der Waals surface area contributed by atoms with E-state index >= 15 is 0 Å². The van der Waals surface area contributed by atoms with Gasteiger partial charge in [-0.3, -0.25) is 4.79 Å². The molecule has 0 radical (unpaired) electrons. The number of nitrogens with one attached hydrogen (secondary N) is 1. The minimum Gasteiger partial charge on any atom is -0.468 e. The summed E-state index contributed by atoms with van der Waals surface area (Å²) in [6.07, 6.45) is 0.896. The fourth-order valence-corrected chi connectivity index (χ4v) is 0.814. The van der Waals surface area contributed by atoms with E-state index in [0.29, 0.717) is 19.8 Å². The topological polar surface area (TPSA) is 56.8 Å². The molecule has 84 valence electrons. The number of ether oxygens (including phenoxy) is 3. The van der Waals surface area contributed by atoms with E-state index in [1.807, 2.05) is 0 Å². The number of methoxy groups -OCH3 is 2. The van der Waals surface area contributed by atoms with Crippen molar-refractivity contribution in [2.45, 2.75) is 6.42 Å². The van der Waals surface area contributed by atoms with Gasteiger partial charge in [0.15, 0.2) is 0 Å². The minimum absolute atomic E-state index is 0.234. The molecule has 0 aliphatic heterocycles. The van der Waals surface area contributed by atoms with Gasteiger partial charge in [0.05, 0.1) is 20.3 Å². The van der Waals surface area contributed by atoms with Gasteiger partial charge >= 0.3 is 5.97 Å². The van der Waals surface area contributed by atoms with Gasteiger partial charge in [-0.2, -0.15) is 0 Å². The lowest BCUT2D eigenvalue weighted by Crippen LogP contribution is -2.27. The standard InChI is InChI=1S/C9H19NO4/c1-12-5-3-6-14-7-4-10-8-9(11)13-2/h10H,3-8H2,1-2H3. The molecule has 0 heterocycles. The van der Waals surface area contributed by atoms with Crippen LogP contribution in [0.15, 0.2) is 0 Å². The fraction of sp³-hybridized carbons (Fsp3) is 0.889. The third kappa shape index (κ3) is 9.44. The number of esters is 1. The second-order valence-corrected chi connectivity index (χ2v) is 2.71. The predicted molar refractivity (Wildman–Crippen MR) is 52.2 cm³/mol. The second-order valence-electron chi connectivity index (χ2n) is 2.71. The van der Waals surface area contributed by atoms with Crippen LogP contribution in [0.3, 0.4) is 0 Å². The van der Waals surface area contributed by atoms with Crippen molar-refractivity contribution in [1.29, 1.82) is 0 Å². The third-order valence-corrected chi connectivity index (χ3v) is 1.56. The first kappa shape index (κ1) is 13.4. The van der Waals surface area contributed by atoms with Crippen molar-refractivity contribution < 1.29 is 19.0 Å². The molecule has 0 spiro atoms. The van der Waals surface area contributed by atoms with E-state index in [-0.39, 0.29) is 12.5 Å². The van der Waals surface area contributed by atoms with Gasteiger partial charge in [0.2, 0.25) is 0 Å². The van der Waals surface area contributed by atoms with Crippen molar-refractivity contribution in [3.63, 3.8) is 0 Å². The molecule has 0 amide bonds. The van der Waals surface area contributed by atoms with Crippen LogP contribution >= 0.6 is 0 Å². The van der Waals surface area contributed by atoms with Crippen molar-refractivity contribution >= 4 is 5.97 Å². The number of carbonyl (C=O) groups is 1. The smallest absolute Gasteiger partial charge is 0.319 e. The Morgan fingerprint density at radius 2 is 2.00 bits per heavy atom. The average molecular weight is 205 g/mol. The maximum atomic E-state index is 10.6. The summed E-state index contributed by atoms with van der Waals surface area (Å²) in [5, 5.41) is 2.90. The minimum atomic E-state index is -0.260. The Balaban J connectivity index is 2.95. The Hall–Kier alpha value is -0.650. The molecule has 0 saturated heterocycles. The van der Waals surface area contributed by atoms with E-state index in [9.17, 15) is 4.79 Å². The van der Waals surface area contributed by atoms with E-state index in [4.69, 9.17) is 9.47 Å². The zero-order valence-corrected chi connectivity index (χ0v) is 8.88. The molecule has 0 aliphatic rings. The van der Waals surface area contributed by atoms with Crippen LogP contribution in [0.5, 0.6) is 0 Å². The number of rotatable bonds is 9. The zero-order chi connectivity index (χ0) is 10.6. The second kappa shape index (κ2) is 10.4. The molecule has 1 N–H and O–H groups in total. The summed E-state index contributed by atoms with van der Waals surface area (Å²) in [4.78, 5) is 10.6. The molecule has 0 aromatic carbocycles. The summed E-state index contributed by atoms with van der Waals surface area (Å²) in [5.74, 6) is -0.260. The highest BCUT2D eigenvalue weighted by atomic mass is 16.5. The zero-order valence-electron chi connectivity index (χ0n) is 8.88. The summed E-state index contributed by atoms with van der Waals surface area (Å²) in [7, 11) is 3.03. The van der Waals surface area contributed by atoms with Crippen molar-refractivity contribution in [1.82, 2.24) is 5.32 Å². The van der Waals surface area contributed by atoms with Crippen molar-refractivity contribution in [2.75, 3.05) is 47.1 Å². The number of hydrogen-bond acceptors (Lipinski definition) is 5. The SMILES string of the molecule is COCCCOCCNCC(=O)OC. The van der Waals surface area contributed by atoms with Gasteiger partial charge in [0.1, 0.15) is 0 Å². The van der Waals surface area contributed by atoms with E-state index < -0.39 is 0 Å². The number of carbonyl (C=O) groups excluding carboxylic acids is 1. The number of hydrogen-bond donors (Lipinski definition) is 1. The average Bonchev–Trinajstić information content (AvgIpc) is 2.21. The molecule has 0 aliphatic carbocycles. The summed E-state index contributed by atoms with van der Waals surface area (Å²) in [6.45, 7) is 2.89. The maximum absolute atomic E-state index is 10.6. The monoisotopic (exact) mass is 205 g/mol. The largest absolute Gasteiger partial charge is 0.468 e. The van der Waals surface area contributed by atoms with Gasteiger partial charge in [0.25, 0.3) is 0 Å². The lowest BCUT2D eigenvalue weighted by atomic mass is 10.5. The van der Waals surface area contributed by atoms with E-state index in [0.717, 1.165) is 13.0 Å². The van der Waals surface area contributed by atoms with E-state index in [1.165, 1.54) is 7.11 Å². The van der Waals surface area contributed by atoms with Gasteiger partial charge in [-0.25, -0.2) is 0 Å². The van der Waals surface area contributed by atoms with Gasteiger partial charge in [-0.15, -0.1) is 0 Å². The Bertz CT molecular complexity index is 141. The lowest BCUT2D eigenvalue weighted by Gasteiger charge is -2.04. The molecule has 0 aromatic rings. The summed E-state index contributed by atoms with van der Waals surface area (Å²) in [5.41, 5.74) is 0. The molecule has 0 rings (SSSR count). The summed E-state index contributed by atoms with van der Waals surface area (Å²) in [6, 6.07) is 0. The molecule has 14 heavy (non-hydrogen) atoms. The highest BCUT2D eigenvalue weighted by Gasteiger charge is 1.97. The first-order valence-corrected chi connectivity index (χ1v) is 4.65. The van der Waals surface area contributed by atoms with Gasteiger partial charge in [-0.1, -0.05) is 0 Å². The van der Waals surface area contributed by atoms with E-state index in [2.05, 4.69) is 10.1 Å². The Morgan fingerprint density at radius 3 is 2.64 bits per heavy atom. The van der Waals surface area contributed by atoms with Crippen LogP contribution in [0.4, 0.5) is 0 Å². The molecule has 5 heteroatoms. The predicted octanol–water partition coefficient (Wildman–Crippen LogP) is -0.198. The molecule has 0 atom stereocenters. The van der Waals surface area contributed by atoms with Crippen LogP contribution in [0, 0.1) is 0 Å². The van der Waals surface area contributed by atoms with Crippen LogP contribution in [0.1, 0.15) is 6.42 Å². The van der Waals surface area contributed by atoms with Crippen LogP contribution in [-0.2, 0) is 19.0 Å². The highest BCUT2D eigenvalue weighted by Crippen LogP contribution is 1.82. The molecule has 0 unspecified atom stereocenters. The van der Waals surface area contributed by atoms with Gasteiger partial charge in [-0.05, 0) is 6.42 Å². The Kier molecular flexibility index (Phi) is 9.95. The van der Waals surface area contributed by atoms with Crippen molar-refractivity contribution in [3.8, 4) is 0 Å². The molecule has 0 saturated carbocycles. The van der Waals surface area contributed by atoms with Gasteiger partial charge < -0.3 is 19.5 Å². The Morgan fingerprint density at radius 1 is 1.21 bits per heavy atom. The molecular formula is C9H19NO4.